The SMILES string of the molecule is CCOCCCNc1nccn1CC1CCN(CC)CC1. The van der Waals surface area contributed by atoms with Gasteiger partial charge in [-0.3, -0.25) is 0 Å². The molecule has 5 nitrogen and oxygen atoms in total. The second kappa shape index (κ2) is 9.05. The molecule has 0 saturated carbocycles. The van der Waals surface area contributed by atoms with E-state index in [1.54, 1.807) is 0 Å². The van der Waals surface area contributed by atoms with Gasteiger partial charge in [0, 0.05) is 38.7 Å². The lowest BCUT2D eigenvalue weighted by Crippen LogP contribution is -2.34. The van der Waals surface area contributed by atoms with Crippen LogP contribution in [0.1, 0.15) is 33.1 Å². The number of hydrogen-bond donors (Lipinski definition) is 1. The smallest absolute Gasteiger partial charge is 0.202 e. The van der Waals surface area contributed by atoms with Gasteiger partial charge in [0.2, 0.25) is 5.95 Å². The van der Waals surface area contributed by atoms with Gasteiger partial charge in [-0.1, -0.05) is 6.92 Å². The summed E-state index contributed by atoms with van der Waals surface area (Å²) in [5, 5.41) is 3.42. The molecule has 1 fully saturated rings. The van der Waals surface area contributed by atoms with Crippen LogP contribution in [-0.4, -0.2) is 53.8 Å². The molecule has 0 radical (unpaired) electrons. The second-order valence-electron chi connectivity index (χ2n) is 5.76. The van der Waals surface area contributed by atoms with Crippen LogP contribution in [0.4, 0.5) is 5.95 Å². The molecule has 2 heterocycles. The standard InChI is InChI=1S/C16H30N4O/c1-3-19-10-6-15(7-11-19)14-20-12-9-18-16(20)17-8-5-13-21-4-2/h9,12,15H,3-8,10-11,13-14H2,1-2H3,(H,17,18). The van der Waals surface area contributed by atoms with Crippen molar-refractivity contribution in [2.45, 2.75) is 39.7 Å². The molecule has 0 spiro atoms. The normalized spacial score (nSPS) is 17.2. The number of aromatic nitrogens is 2. The van der Waals surface area contributed by atoms with Crippen molar-refractivity contribution in [1.29, 1.82) is 0 Å². The second-order valence-corrected chi connectivity index (χ2v) is 5.76. The molecule has 0 amide bonds. The van der Waals surface area contributed by atoms with Crippen LogP contribution in [0, 0.1) is 5.92 Å². The van der Waals surface area contributed by atoms with Crippen molar-refractivity contribution in [1.82, 2.24) is 14.5 Å². The number of likely N-dealkylation sites (tertiary alicyclic amines) is 1. The predicted octanol–water partition coefficient (Wildman–Crippen LogP) is 2.45. The monoisotopic (exact) mass is 294 g/mol. The Kier molecular flexibility index (Phi) is 7.03. The zero-order chi connectivity index (χ0) is 14.9. The van der Waals surface area contributed by atoms with Gasteiger partial charge < -0.3 is 19.5 Å². The van der Waals surface area contributed by atoms with E-state index < -0.39 is 0 Å². The van der Waals surface area contributed by atoms with Crippen molar-refractivity contribution in [3.63, 3.8) is 0 Å². The molecule has 21 heavy (non-hydrogen) atoms. The van der Waals surface area contributed by atoms with Gasteiger partial charge >= 0.3 is 0 Å². The number of anilines is 1. The minimum absolute atomic E-state index is 0.783. The van der Waals surface area contributed by atoms with Gasteiger partial charge in [-0.25, -0.2) is 4.98 Å². The molecular weight excluding hydrogens is 264 g/mol. The molecule has 1 aromatic heterocycles. The highest BCUT2D eigenvalue weighted by Gasteiger charge is 2.19. The lowest BCUT2D eigenvalue weighted by atomic mass is 9.97. The van der Waals surface area contributed by atoms with Crippen molar-refractivity contribution in [2.75, 3.05) is 44.7 Å². The maximum atomic E-state index is 5.35. The Hall–Kier alpha value is -1.07. The molecule has 0 aromatic carbocycles. The number of rotatable bonds is 9. The van der Waals surface area contributed by atoms with Crippen LogP contribution >= 0.6 is 0 Å². The summed E-state index contributed by atoms with van der Waals surface area (Å²) in [7, 11) is 0. The molecule has 5 heteroatoms. The van der Waals surface area contributed by atoms with E-state index in [0.717, 1.165) is 44.6 Å². The fourth-order valence-corrected chi connectivity index (χ4v) is 2.91. The van der Waals surface area contributed by atoms with E-state index in [1.807, 2.05) is 13.1 Å². The van der Waals surface area contributed by atoms with E-state index in [1.165, 1.54) is 32.5 Å². The van der Waals surface area contributed by atoms with Crippen LogP contribution in [0.15, 0.2) is 12.4 Å². The first kappa shape index (κ1) is 16.3. The molecule has 1 N–H and O–H groups in total. The van der Waals surface area contributed by atoms with Gasteiger partial charge in [-0.2, -0.15) is 0 Å². The van der Waals surface area contributed by atoms with Gasteiger partial charge in [-0.05, 0) is 51.7 Å². The Bertz CT molecular complexity index is 385. The quantitative estimate of drug-likeness (QED) is 0.710. The average molecular weight is 294 g/mol. The lowest BCUT2D eigenvalue weighted by Gasteiger charge is -2.31. The summed E-state index contributed by atoms with van der Waals surface area (Å²) in [4.78, 5) is 6.97. The minimum atomic E-state index is 0.783. The van der Waals surface area contributed by atoms with Crippen LogP contribution in [0.25, 0.3) is 0 Å². The Labute approximate surface area is 128 Å². The molecule has 0 unspecified atom stereocenters. The van der Waals surface area contributed by atoms with Crippen molar-refractivity contribution in [3.8, 4) is 0 Å². The molecule has 2 rings (SSSR count). The van der Waals surface area contributed by atoms with E-state index in [9.17, 15) is 0 Å². The summed E-state index contributed by atoms with van der Waals surface area (Å²) in [6.45, 7) is 11.6. The number of ether oxygens (including phenoxy) is 1. The average Bonchev–Trinajstić information content (AvgIpc) is 2.95. The van der Waals surface area contributed by atoms with E-state index in [-0.39, 0.29) is 0 Å². The number of imidazole rings is 1. The number of hydrogen-bond acceptors (Lipinski definition) is 4. The number of nitrogens with zero attached hydrogens (tertiary/aromatic N) is 3. The minimum Gasteiger partial charge on any atom is -0.382 e. The van der Waals surface area contributed by atoms with Gasteiger partial charge in [0.1, 0.15) is 0 Å². The Morgan fingerprint density at radius 3 is 2.86 bits per heavy atom. The molecule has 0 atom stereocenters. The zero-order valence-electron chi connectivity index (χ0n) is 13.6. The van der Waals surface area contributed by atoms with Gasteiger partial charge in [0.15, 0.2) is 0 Å². The number of piperidine rings is 1. The third-order valence-corrected chi connectivity index (χ3v) is 4.28. The summed E-state index contributed by atoms with van der Waals surface area (Å²) in [6.07, 6.45) is 7.62. The molecule has 0 aliphatic carbocycles. The van der Waals surface area contributed by atoms with Gasteiger partial charge in [0.25, 0.3) is 0 Å². The fraction of sp³-hybridized carbons (Fsp3) is 0.812. The largest absolute Gasteiger partial charge is 0.382 e. The molecule has 1 aliphatic rings. The molecule has 1 saturated heterocycles. The third kappa shape index (κ3) is 5.32. The molecule has 0 bridgehead atoms. The van der Waals surface area contributed by atoms with Crippen LogP contribution in [0.2, 0.25) is 0 Å². The van der Waals surface area contributed by atoms with Crippen LogP contribution in [0.3, 0.4) is 0 Å². The highest BCUT2D eigenvalue weighted by Crippen LogP contribution is 2.20. The molecule has 1 aromatic rings. The van der Waals surface area contributed by atoms with Crippen LogP contribution in [-0.2, 0) is 11.3 Å². The zero-order valence-corrected chi connectivity index (χ0v) is 13.6. The summed E-state index contributed by atoms with van der Waals surface area (Å²) in [5.74, 6) is 1.79. The third-order valence-electron chi connectivity index (χ3n) is 4.28. The maximum absolute atomic E-state index is 5.35. The van der Waals surface area contributed by atoms with Crippen molar-refractivity contribution in [3.05, 3.63) is 12.4 Å². The Balaban J connectivity index is 1.73. The molecule has 120 valence electrons. The first-order valence-electron chi connectivity index (χ1n) is 8.38. The van der Waals surface area contributed by atoms with Crippen LogP contribution in [0.5, 0.6) is 0 Å². The van der Waals surface area contributed by atoms with Crippen molar-refractivity contribution >= 4 is 5.95 Å². The summed E-state index contributed by atoms with van der Waals surface area (Å²) in [5.41, 5.74) is 0. The maximum Gasteiger partial charge on any atom is 0.202 e. The molecule has 1 aliphatic heterocycles. The first-order valence-corrected chi connectivity index (χ1v) is 8.38. The first-order chi connectivity index (χ1) is 10.3. The summed E-state index contributed by atoms with van der Waals surface area (Å²) in [6, 6.07) is 0. The van der Waals surface area contributed by atoms with E-state index in [0.29, 0.717) is 0 Å². The van der Waals surface area contributed by atoms with Gasteiger partial charge in [-0.15, -0.1) is 0 Å². The van der Waals surface area contributed by atoms with Crippen molar-refractivity contribution in [2.24, 2.45) is 5.92 Å². The predicted molar refractivity (Wildman–Crippen MR) is 86.7 cm³/mol. The Morgan fingerprint density at radius 1 is 1.33 bits per heavy atom. The van der Waals surface area contributed by atoms with Crippen molar-refractivity contribution < 1.29 is 4.74 Å². The molecular formula is C16H30N4O. The Morgan fingerprint density at radius 2 is 2.14 bits per heavy atom. The van der Waals surface area contributed by atoms with E-state index >= 15 is 0 Å². The van der Waals surface area contributed by atoms with Gasteiger partial charge in [0.05, 0.1) is 0 Å². The number of nitrogens with one attached hydrogen (secondary N) is 1. The lowest BCUT2D eigenvalue weighted by molar-refractivity contribution is 0.147. The van der Waals surface area contributed by atoms with E-state index in [4.69, 9.17) is 4.74 Å². The van der Waals surface area contributed by atoms with E-state index in [2.05, 4.69) is 32.9 Å². The van der Waals surface area contributed by atoms with Crippen LogP contribution < -0.4 is 5.32 Å². The highest BCUT2D eigenvalue weighted by atomic mass is 16.5. The fourth-order valence-electron chi connectivity index (χ4n) is 2.91. The summed E-state index contributed by atoms with van der Waals surface area (Å²) < 4.78 is 7.62. The highest BCUT2D eigenvalue weighted by molar-refractivity contribution is 5.25. The topological polar surface area (TPSA) is 42.3 Å². The summed E-state index contributed by atoms with van der Waals surface area (Å²) >= 11 is 0.